The third kappa shape index (κ3) is 2.11. The molecular weight excluding hydrogens is 284 g/mol. The number of rotatable bonds is 3. The van der Waals surface area contributed by atoms with E-state index in [0.29, 0.717) is 18.7 Å². The Kier molecular flexibility index (Phi) is 3.65. The van der Waals surface area contributed by atoms with Gasteiger partial charge in [0.15, 0.2) is 0 Å². The lowest BCUT2D eigenvalue weighted by Gasteiger charge is -2.36. The van der Waals surface area contributed by atoms with Crippen LogP contribution in [0.25, 0.3) is 0 Å². The summed E-state index contributed by atoms with van der Waals surface area (Å²) in [6.07, 6.45) is 2.61. The normalized spacial score (nSPS) is 31.0. The number of hydrogen-bond donors (Lipinski definition) is 3. The number of aryl methyl sites for hydroxylation is 1. The number of aliphatic hydroxyl groups is 2. The van der Waals surface area contributed by atoms with Crippen LogP contribution < -0.4 is 5.32 Å². The summed E-state index contributed by atoms with van der Waals surface area (Å²) in [5.41, 5.74) is -0.432. The van der Waals surface area contributed by atoms with Crippen LogP contribution in [0.3, 0.4) is 0 Å². The molecule has 0 bridgehead atoms. The third-order valence-electron chi connectivity index (χ3n) is 5.43. The minimum atomic E-state index is -0.502. The van der Waals surface area contributed by atoms with Gasteiger partial charge in [0, 0.05) is 37.0 Å². The zero-order chi connectivity index (χ0) is 16.0. The topological polar surface area (TPSA) is 90.6 Å². The summed E-state index contributed by atoms with van der Waals surface area (Å²) in [5, 5.41) is 27.0. The lowest BCUT2D eigenvalue weighted by molar-refractivity contribution is 0.00976. The van der Waals surface area contributed by atoms with Gasteiger partial charge in [-0.25, -0.2) is 4.68 Å². The summed E-state index contributed by atoms with van der Waals surface area (Å²) in [6, 6.07) is 0. The van der Waals surface area contributed by atoms with Crippen LogP contribution in [-0.2, 0) is 6.54 Å². The van der Waals surface area contributed by atoms with Gasteiger partial charge in [-0.2, -0.15) is 5.10 Å². The molecule has 0 aliphatic carbocycles. The van der Waals surface area contributed by atoms with Gasteiger partial charge in [-0.05, 0) is 6.42 Å². The number of carbonyl (C=O) groups is 1. The minimum Gasteiger partial charge on any atom is -0.396 e. The van der Waals surface area contributed by atoms with Crippen LogP contribution in [-0.4, -0.2) is 63.6 Å². The van der Waals surface area contributed by atoms with Gasteiger partial charge in [0.25, 0.3) is 5.91 Å². The molecule has 122 valence electrons. The number of anilines is 1. The molecule has 0 spiro atoms. The number of fused-ring (bicyclic) bond motifs is 1. The molecular formula is C15H24N4O3. The number of aromatic nitrogens is 2. The maximum Gasteiger partial charge on any atom is 0.259 e. The highest BCUT2D eigenvalue weighted by Crippen LogP contribution is 2.45. The summed E-state index contributed by atoms with van der Waals surface area (Å²) in [6.45, 7) is 6.25. The minimum absolute atomic E-state index is 0.0573. The van der Waals surface area contributed by atoms with E-state index in [1.54, 1.807) is 11.1 Å². The Morgan fingerprint density at radius 2 is 1.95 bits per heavy atom. The molecule has 0 saturated carbocycles. The number of hydrogen-bond acceptors (Lipinski definition) is 5. The first kappa shape index (κ1) is 15.3. The van der Waals surface area contributed by atoms with Crippen molar-refractivity contribution >= 4 is 11.7 Å². The third-order valence-corrected chi connectivity index (χ3v) is 5.43. The standard InChI is InChI=1S/C15H24N4O3/c1-14(9-20)7-18(8-15(14,2)10-21)13(22)11-6-17-19-5-3-4-16-12(11)19/h6,16,20-21H,3-5,7-10H2,1-2H3/t14-,15+. The molecule has 0 radical (unpaired) electrons. The molecule has 3 N–H and O–H groups in total. The predicted molar refractivity (Wildman–Crippen MR) is 81.6 cm³/mol. The molecule has 3 rings (SSSR count). The fraction of sp³-hybridized carbons (Fsp3) is 0.733. The molecule has 1 saturated heterocycles. The van der Waals surface area contributed by atoms with Crippen molar-refractivity contribution in [2.45, 2.75) is 26.8 Å². The Hall–Kier alpha value is -1.60. The van der Waals surface area contributed by atoms with Crippen molar-refractivity contribution in [1.82, 2.24) is 14.7 Å². The first-order chi connectivity index (χ1) is 10.4. The summed E-state index contributed by atoms with van der Waals surface area (Å²) < 4.78 is 1.82. The molecule has 0 unspecified atom stereocenters. The van der Waals surface area contributed by atoms with Gasteiger partial charge in [-0.1, -0.05) is 13.8 Å². The van der Waals surface area contributed by atoms with E-state index in [9.17, 15) is 15.0 Å². The van der Waals surface area contributed by atoms with E-state index >= 15 is 0 Å². The Bertz CT molecular complexity index is 569. The van der Waals surface area contributed by atoms with Crippen LogP contribution in [0.15, 0.2) is 6.20 Å². The van der Waals surface area contributed by atoms with Gasteiger partial charge >= 0.3 is 0 Å². The molecule has 7 nitrogen and oxygen atoms in total. The number of carbonyl (C=O) groups excluding carboxylic acids is 1. The molecule has 7 heteroatoms. The van der Waals surface area contributed by atoms with Gasteiger partial charge in [0.05, 0.1) is 19.4 Å². The van der Waals surface area contributed by atoms with Crippen LogP contribution in [0, 0.1) is 10.8 Å². The summed E-state index contributed by atoms with van der Waals surface area (Å²) in [4.78, 5) is 14.6. The number of aliphatic hydroxyl groups excluding tert-OH is 2. The quantitative estimate of drug-likeness (QED) is 0.739. The molecule has 1 aromatic heterocycles. The van der Waals surface area contributed by atoms with Crippen molar-refractivity contribution in [3.63, 3.8) is 0 Å². The number of nitrogens with zero attached hydrogens (tertiary/aromatic N) is 3. The predicted octanol–water partition coefficient (Wildman–Crippen LogP) is 0.152. The van der Waals surface area contributed by atoms with Crippen molar-refractivity contribution in [3.8, 4) is 0 Å². The van der Waals surface area contributed by atoms with Crippen molar-refractivity contribution in [2.24, 2.45) is 10.8 Å². The molecule has 1 amide bonds. The van der Waals surface area contributed by atoms with E-state index in [4.69, 9.17) is 0 Å². The Labute approximate surface area is 129 Å². The van der Waals surface area contributed by atoms with E-state index in [0.717, 1.165) is 25.3 Å². The van der Waals surface area contributed by atoms with Crippen LogP contribution >= 0.6 is 0 Å². The number of nitrogens with one attached hydrogen (secondary N) is 1. The van der Waals surface area contributed by atoms with Gasteiger partial charge in [0.1, 0.15) is 11.4 Å². The zero-order valence-corrected chi connectivity index (χ0v) is 13.2. The summed E-state index contributed by atoms with van der Waals surface area (Å²) in [7, 11) is 0. The van der Waals surface area contributed by atoms with Crippen LogP contribution in [0.1, 0.15) is 30.6 Å². The Balaban J connectivity index is 1.86. The molecule has 2 aliphatic heterocycles. The first-order valence-electron chi connectivity index (χ1n) is 7.75. The summed E-state index contributed by atoms with van der Waals surface area (Å²) in [5.74, 6) is 0.687. The molecule has 3 heterocycles. The maximum atomic E-state index is 12.9. The highest BCUT2D eigenvalue weighted by Gasteiger charge is 2.52. The van der Waals surface area contributed by atoms with E-state index in [1.807, 2.05) is 18.5 Å². The average molecular weight is 308 g/mol. The first-order valence-corrected chi connectivity index (χ1v) is 7.75. The van der Waals surface area contributed by atoms with Crippen molar-refractivity contribution in [1.29, 1.82) is 0 Å². The highest BCUT2D eigenvalue weighted by molar-refractivity contribution is 5.99. The second-order valence-electron chi connectivity index (χ2n) is 7.01. The molecule has 1 aromatic rings. The monoisotopic (exact) mass is 308 g/mol. The molecule has 1 fully saturated rings. The Morgan fingerprint density at radius 1 is 1.32 bits per heavy atom. The largest absolute Gasteiger partial charge is 0.396 e. The van der Waals surface area contributed by atoms with Gasteiger partial charge < -0.3 is 20.4 Å². The number of likely N-dealkylation sites (tertiary alicyclic amines) is 1. The molecule has 22 heavy (non-hydrogen) atoms. The Morgan fingerprint density at radius 3 is 2.55 bits per heavy atom. The highest BCUT2D eigenvalue weighted by atomic mass is 16.3. The molecule has 0 aromatic carbocycles. The van der Waals surface area contributed by atoms with Crippen molar-refractivity contribution in [3.05, 3.63) is 11.8 Å². The van der Waals surface area contributed by atoms with E-state index in [1.165, 1.54) is 0 Å². The summed E-state index contributed by atoms with van der Waals surface area (Å²) >= 11 is 0. The lowest BCUT2D eigenvalue weighted by Crippen LogP contribution is -2.41. The van der Waals surface area contributed by atoms with Crippen LogP contribution in [0.5, 0.6) is 0 Å². The lowest BCUT2D eigenvalue weighted by atomic mass is 9.69. The SMILES string of the molecule is C[C@]1(CO)CN(C(=O)c2cnn3c2NCCC3)C[C@@]1(C)CO. The van der Waals surface area contributed by atoms with Gasteiger partial charge in [-0.3, -0.25) is 4.79 Å². The van der Waals surface area contributed by atoms with Crippen LogP contribution in [0.4, 0.5) is 5.82 Å². The van der Waals surface area contributed by atoms with Crippen molar-refractivity contribution in [2.75, 3.05) is 38.2 Å². The van der Waals surface area contributed by atoms with Crippen LogP contribution in [0.2, 0.25) is 0 Å². The van der Waals surface area contributed by atoms with E-state index in [-0.39, 0.29) is 19.1 Å². The van der Waals surface area contributed by atoms with Crippen molar-refractivity contribution < 1.29 is 15.0 Å². The molecule has 2 atom stereocenters. The fourth-order valence-electron chi connectivity index (χ4n) is 3.41. The second-order valence-corrected chi connectivity index (χ2v) is 7.01. The van der Waals surface area contributed by atoms with E-state index < -0.39 is 10.8 Å². The van der Waals surface area contributed by atoms with E-state index in [2.05, 4.69) is 10.4 Å². The second kappa shape index (κ2) is 5.24. The van der Waals surface area contributed by atoms with Gasteiger partial charge in [0.2, 0.25) is 0 Å². The average Bonchev–Trinajstić information content (AvgIpc) is 3.07. The number of amides is 1. The zero-order valence-electron chi connectivity index (χ0n) is 13.2. The van der Waals surface area contributed by atoms with Gasteiger partial charge in [-0.15, -0.1) is 0 Å². The molecule has 2 aliphatic rings. The smallest absolute Gasteiger partial charge is 0.259 e. The fourth-order valence-corrected chi connectivity index (χ4v) is 3.41. The maximum absolute atomic E-state index is 12.9.